The first-order valence-corrected chi connectivity index (χ1v) is 10.7. The normalized spacial score (nSPS) is 13.4. The first kappa shape index (κ1) is 20.0. The van der Waals surface area contributed by atoms with Gasteiger partial charge in [0, 0.05) is 17.7 Å². The minimum Gasteiger partial charge on any atom is -0.492 e. The van der Waals surface area contributed by atoms with E-state index in [1.807, 2.05) is 0 Å². The van der Waals surface area contributed by atoms with Crippen LogP contribution in [-0.4, -0.2) is 41.3 Å². The summed E-state index contributed by atoms with van der Waals surface area (Å²) in [6, 6.07) is 4.65. The third kappa shape index (κ3) is 4.23. The Kier molecular flexibility index (Phi) is 6.10. The molecule has 150 valence electrons. The molecule has 1 aromatic heterocycles. The predicted octanol–water partition coefficient (Wildman–Crippen LogP) is 2.91. The Morgan fingerprint density at radius 2 is 2.14 bits per heavy atom. The van der Waals surface area contributed by atoms with Crippen molar-refractivity contribution in [3.63, 3.8) is 0 Å². The molecule has 1 aliphatic heterocycles. The summed E-state index contributed by atoms with van der Waals surface area (Å²) in [5.41, 5.74) is 0.509. The van der Waals surface area contributed by atoms with Gasteiger partial charge in [-0.1, -0.05) is 6.07 Å². The van der Waals surface area contributed by atoms with E-state index in [1.54, 1.807) is 18.4 Å². The fourth-order valence-electron chi connectivity index (χ4n) is 2.58. The lowest BCUT2D eigenvalue weighted by Gasteiger charge is -2.23. The average molecular weight is 425 g/mol. The molecule has 0 saturated heterocycles. The highest BCUT2D eigenvalue weighted by Crippen LogP contribution is 2.46. The van der Waals surface area contributed by atoms with Gasteiger partial charge in [0.15, 0.2) is 11.5 Å². The Labute approximate surface area is 166 Å². The van der Waals surface area contributed by atoms with Crippen LogP contribution in [0.1, 0.15) is 12.5 Å². The van der Waals surface area contributed by atoms with Gasteiger partial charge in [-0.05, 0) is 24.4 Å². The molecule has 8 nitrogen and oxygen atoms in total. The molecule has 28 heavy (non-hydrogen) atoms. The van der Waals surface area contributed by atoms with Crippen LogP contribution in [0.25, 0.3) is 6.08 Å². The zero-order valence-corrected chi connectivity index (χ0v) is 16.9. The van der Waals surface area contributed by atoms with Gasteiger partial charge in [0.2, 0.25) is 5.75 Å². The summed E-state index contributed by atoms with van der Waals surface area (Å²) < 4.78 is 49.6. The summed E-state index contributed by atoms with van der Waals surface area (Å²) >= 11 is 1.09. The number of hydrogen-bond donors (Lipinski definition) is 1. The SMILES string of the molecule is CCOC(=O)/C=C/c1c(NS(=O)(=O)c2cccs2)cc2c(c1OC)OCCO2. The second-order valence-corrected chi connectivity index (χ2v) is 8.38. The van der Waals surface area contributed by atoms with E-state index in [-0.39, 0.29) is 22.3 Å². The molecule has 1 N–H and O–H groups in total. The van der Waals surface area contributed by atoms with E-state index >= 15 is 0 Å². The number of sulfonamides is 1. The van der Waals surface area contributed by atoms with Gasteiger partial charge in [-0.15, -0.1) is 11.3 Å². The average Bonchev–Trinajstić information content (AvgIpc) is 3.21. The number of anilines is 1. The van der Waals surface area contributed by atoms with Crippen LogP contribution in [0.4, 0.5) is 5.69 Å². The van der Waals surface area contributed by atoms with E-state index in [1.165, 1.54) is 31.4 Å². The Bertz CT molecular complexity index is 982. The highest BCUT2D eigenvalue weighted by molar-refractivity contribution is 7.94. The largest absolute Gasteiger partial charge is 0.492 e. The third-order valence-electron chi connectivity index (χ3n) is 3.71. The Hall–Kier alpha value is -2.72. The summed E-state index contributed by atoms with van der Waals surface area (Å²) in [4.78, 5) is 11.7. The number of benzene rings is 1. The minimum atomic E-state index is -3.83. The highest BCUT2D eigenvalue weighted by atomic mass is 32.2. The first-order valence-electron chi connectivity index (χ1n) is 8.38. The van der Waals surface area contributed by atoms with Gasteiger partial charge in [0.1, 0.15) is 17.4 Å². The van der Waals surface area contributed by atoms with Gasteiger partial charge in [-0.3, -0.25) is 4.72 Å². The lowest BCUT2D eigenvalue weighted by Crippen LogP contribution is -2.18. The monoisotopic (exact) mass is 425 g/mol. The predicted molar refractivity (Wildman–Crippen MR) is 105 cm³/mol. The van der Waals surface area contributed by atoms with Crippen LogP contribution in [-0.2, 0) is 19.6 Å². The van der Waals surface area contributed by atoms with Crippen LogP contribution in [0.5, 0.6) is 17.2 Å². The molecule has 0 radical (unpaired) electrons. The summed E-state index contributed by atoms with van der Waals surface area (Å²) in [5, 5.41) is 1.67. The van der Waals surface area contributed by atoms with Crippen molar-refractivity contribution in [3.8, 4) is 17.2 Å². The smallest absolute Gasteiger partial charge is 0.330 e. The van der Waals surface area contributed by atoms with Crippen LogP contribution in [0.15, 0.2) is 33.9 Å². The van der Waals surface area contributed by atoms with Crippen molar-refractivity contribution in [2.24, 2.45) is 0 Å². The van der Waals surface area contributed by atoms with E-state index in [4.69, 9.17) is 18.9 Å². The van der Waals surface area contributed by atoms with Crippen molar-refractivity contribution in [1.82, 2.24) is 0 Å². The number of fused-ring (bicyclic) bond motifs is 1. The number of ether oxygens (including phenoxy) is 4. The maximum Gasteiger partial charge on any atom is 0.330 e. The maximum atomic E-state index is 12.7. The standard InChI is InChI=1S/C18H19NO7S2/c1-3-24-15(20)7-6-12-13(19-28(21,22)16-5-4-10-27-16)11-14-18(17(12)23-2)26-9-8-25-14/h4-7,10-11,19H,3,8-9H2,1-2H3/b7-6+. The number of rotatable bonds is 7. The first-order chi connectivity index (χ1) is 13.5. The molecule has 1 aliphatic rings. The van der Waals surface area contributed by atoms with E-state index in [9.17, 15) is 13.2 Å². The number of esters is 1. The fourth-order valence-corrected chi connectivity index (χ4v) is 4.64. The number of thiophene rings is 1. The molecule has 0 unspecified atom stereocenters. The third-order valence-corrected chi connectivity index (χ3v) is 6.47. The van der Waals surface area contributed by atoms with Crippen molar-refractivity contribution in [3.05, 3.63) is 35.2 Å². The lowest BCUT2D eigenvalue weighted by atomic mass is 10.1. The molecule has 10 heteroatoms. The van der Waals surface area contributed by atoms with Gasteiger partial charge in [0.25, 0.3) is 10.0 Å². The summed E-state index contributed by atoms with van der Waals surface area (Å²) in [5.74, 6) is 0.379. The molecule has 0 fully saturated rings. The van der Waals surface area contributed by atoms with Crippen LogP contribution in [0.2, 0.25) is 0 Å². The topological polar surface area (TPSA) is 100 Å². The Balaban J connectivity index is 2.10. The molecule has 0 amide bonds. The highest BCUT2D eigenvalue weighted by Gasteiger charge is 2.26. The van der Waals surface area contributed by atoms with Crippen LogP contribution >= 0.6 is 11.3 Å². The van der Waals surface area contributed by atoms with Crippen molar-refractivity contribution in [2.45, 2.75) is 11.1 Å². The lowest BCUT2D eigenvalue weighted by molar-refractivity contribution is -0.137. The molecule has 0 bridgehead atoms. The maximum absolute atomic E-state index is 12.7. The quantitative estimate of drug-likeness (QED) is 0.538. The molecular weight excluding hydrogens is 406 g/mol. The van der Waals surface area contributed by atoms with Crippen molar-refractivity contribution >= 4 is 39.1 Å². The van der Waals surface area contributed by atoms with Gasteiger partial charge in [0.05, 0.1) is 19.4 Å². The Morgan fingerprint density at radius 1 is 1.36 bits per heavy atom. The summed E-state index contributed by atoms with van der Waals surface area (Å²) in [6.45, 7) is 2.56. The summed E-state index contributed by atoms with van der Waals surface area (Å²) in [6.07, 6.45) is 2.61. The molecule has 0 spiro atoms. The van der Waals surface area contributed by atoms with Crippen LogP contribution in [0, 0.1) is 0 Å². The number of carbonyl (C=O) groups is 1. The van der Waals surface area contributed by atoms with E-state index in [0.29, 0.717) is 30.3 Å². The van der Waals surface area contributed by atoms with Crippen LogP contribution in [0.3, 0.4) is 0 Å². The number of hydrogen-bond acceptors (Lipinski definition) is 8. The van der Waals surface area contributed by atoms with Gasteiger partial charge >= 0.3 is 5.97 Å². The molecular formula is C18H19NO7S2. The minimum absolute atomic E-state index is 0.154. The molecule has 2 aromatic rings. The molecule has 0 saturated carbocycles. The zero-order chi connectivity index (χ0) is 20.1. The number of nitrogens with one attached hydrogen (secondary N) is 1. The molecule has 2 heterocycles. The van der Waals surface area contributed by atoms with Crippen LogP contribution < -0.4 is 18.9 Å². The molecule has 0 atom stereocenters. The zero-order valence-electron chi connectivity index (χ0n) is 15.3. The van der Waals surface area contributed by atoms with Gasteiger partial charge in [-0.25, -0.2) is 13.2 Å². The van der Waals surface area contributed by atoms with Crippen molar-refractivity contribution < 1.29 is 32.2 Å². The molecule has 1 aromatic carbocycles. The van der Waals surface area contributed by atoms with Crippen molar-refractivity contribution in [2.75, 3.05) is 31.7 Å². The Morgan fingerprint density at radius 3 is 2.82 bits per heavy atom. The molecule has 0 aliphatic carbocycles. The second-order valence-electron chi connectivity index (χ2n) is 5.52. The van der Waals surface area contributed by atoms with E-state index in [0.717, 1.165) is 11.3 Å². The molecule has 3 rings (SSSR count). The fraction of sp³-hybridized carbons (Fsp3) is 0.278. The van der Waals surface area contributed by atoms with Gasteiger partial charge in [-0.2, -0.15) is 0 Å². The second kappa shape index (κ2) is 8.53. The van der Waals surface area contributed by atoms with E-state index in [2.05, 4.69) is 4.72 Å². The number of methoxy groups -OCH3 is 1. The summed E-state index contributed by atoms with van der Waals surface area (Å²) in [7, 11) is -2.40. The number of carbonyl (C=O) groups excluding carboxylic acids is 1. The van der Waals surface area contributed by atoms with Crippen molar-refractivity contribution in [1.29, 1.82) is 0 Å². The van der Waals surface area contributed by atoms with Gasteiger partial charge < -0.3 is 18.9 Å². The van der Waals surface area contributed by atoms with E-state index < -0.39 is 16.0 Å².